The third-order valence-electron chi connectivity index (χ3n) is 2.48. The number of rotatable bonds is 3. The summed E-state index contributed by atoms with van der Waals surface area (Å²) >= 11 is 0. The molecule has 1 atom stereocenters. The molecular formula is C13H20N4O2. The van der Waals surface area contributed by atoms with E-state index in [0.717, 1.165) is 0 Å². The fourth-order valence-electron chi connectivity index (χ4n) is 1.21. The topological polar surface area (TPSA) is 97.1 Å². The highest BCUT2D eigenvalue weighted by atomic mass is 16.2. The summed E-state index contributed by atoms with van der Waals surface area (Å²) in [6, 6.07) is 2.62. The van der Waals surface area contributed by atoms with E-state index in [9.17, 15) is 9.59 Å². The van der Waals surface area contributed by atoms with Crippen molar-refractivity contribution in [3.05, 3.63) is 18.3 Å². The van der Waals surface area contributed by atoms with Gasteiger partial charge in [0.25, 0.3) is 0 Å². The Morgan fingerprint density at radius 1 is 1.32 bits per heavy atom. The Morgan fingerprint density at radius 3 is 2.42 bits per heavy atom. The van der Waals surface area contributed by atoms with Gasteiger partial charge >= 0.3 is 0 Å². The van der Waals surface area contributed by atoms with Crippen molar-refractivity contribution in [2.24, 2.45) is 5.41 Å². The molecule has 1 aromatic rings. The summed E-state index contributed by atoms with van der Waals surface area (Å²) in [5.41, 5.74) is 5.46. The molecule has 2 amide bonds. The lowest BCUT2D eigenvalue weighted by Gasteiger charge is -2.21. The van der Waals surface area contributed by atoms with Gasteiger partial charge in [-0.25, -0.2) is 4.98 Å². The zero-order chi connectivity index (χ0) is 14.6. The van der Waals surface area contributed by atoms with Crippen LogP contribution in [0.15, 0.2) is 18.3 Å². The van der Waals surface area contributed by atoms with E-state index < -0.39 is 11.5 Å². The van der Waals surface area contributed by atoms with Crippen LogP contribution in [-0.4, -0.2) is 22.8 Å². The molecule has 4 N–H and O–H groups in total. The quantitative estimate of drug-likeness (QED) is 0.763. The molecule has 0 aliphatic carbocycles. The number of nitrogens with two attached hydrogens (primary N) is 1. The highest BCUT2D eigenvalue weighted by Crippen LogP contribution is 2.13. The van der Waals surface area contributed by atoms with Crippen LogP contribution in [0.5, 0.6) is 0 Å². The van der Waals surface area contributed by atoms with Gasteiger partial charge in [0.2, 0.25) is 11.8 Å². The average molecular weight is 264 g/mol. The van der Waals surface area contributed by atoms with Crippen molar-refractivity contribution in [3.8, 4) is 0 Å². The van der Waals surface area contributed by atoms with E-state index in [-0.39, 0.29) is 11.8 Å². The van der Waals surface area contributed by atoms with Gasteiger partial charge in [0, 0.05) is 5.41 Å². The minimum absolute atomic E-state index is 0.175. The molecule has 1 rings (SSSR count). The second-order valence-electron chi connectivity index (χ2n) is 5.41. The Balaban J connectivity index is 2.58. The number of carbonyl (C=O) groups excluding carboxylic acids is 2. The molecular weight excluding hydrogens is 244 g/mol. The smallest absolute Gasteiger partial charge is 0.246 e. The molecule has 0 saturated heterocycles. The number of pyridine rings is 1. The molecule has 1 aromatic heterocycles. The van der Waals surface area contributed by atoms with Crippen LogP contribution in [0.1, 0.15) is 27.7 Å². The number of aromatic nitrogens is 1. The normalized spacial score (nSPS) is 12.6. The van der Waals surface area contributed by atoms with Gasteiger partial charge in [-0.1, -0.05) is 20.8 Å². The van der Waals surface area contributed by atoms with Crippen molar-refractivity contribution >= 4 is 23.3 Å². The van der Waals surface area contributed by atoms with Crippen molar-refractivity contribution in [2.75, 3.05) is 11.1 Å². The Kier molecular flexibility index (Phi) is 4.47. The number of anilines is 2. The van der Waals surface area contributed by atoms with Gasteiger partial charge < -0.3 is 16.4 Å². The second kappa shape index (κ2) is 5.69. The van der Waals surface area contributed by atoms with E-state index in [4.69, 9.17) is 5.73 Å². The standard InChI is InChI=1S/C13H20N4O2/c1-8(16-12(19)13(2,3)4)11(18)17-9-5-6-10(14)15-7-9/h5-8H,1-4H3,(H2,14,15)(H,16,19)(H,17,18). The molecule has 0 aliphatic heterocycles. The first-order chi connectivity index (χ1) is 8.70. The van der Waals surface area contributed by atoms with Crippen LogP contribution < -0.4 is 16.4 Å². The van der Waals surface area contributed by atoms with Gasteiger partial charge in [0.1, 0.15) is 11.9 Å². The van der Waals surface area contributed by atoms with Gasteiger partial charge in [-0.2, -0.15) is 0 Å². The SMILES string of the molecule is CC(NC(=O)C(C)(C)C)C(=O)Nc1ccc(N)nc1. The van der Waals surface area contributed by atoms with Crippen LogP contribution >= 0.6 is 0 Å². The average Bonchev–Trinajstić information content (AvgIpc) is 2.30. The second-order valence-corrected chi connectivity index (χ2v) is 5.41. The molecule has 6 heteroatoms. The highest BCUT2D eigenvalue weighted by molar-refractivity contribution is 5.97. The number of hydrogen-bond donors (Lipinski definition) is 3. The maximum Gasteiger partial charge on any atom is 0.246 e. The maximum absolute atomic E-state index is 11.9. The first kappa shape index (κ1) is 14.9. The first-order valence-corrected chi connectivity index (χ1v) is 6.03. The Morgan fingerprint density at radius 2 is 1.95 bits per heavy atom. The van der Waals surface area contributed by atoms with Gasteiger partial charge in [-0.05, 0) is 19.1 Å². The van der Waals surface area contributed by atoms with Crippen LogP contribution in [0.4, 0.5) is 11.5 Å². The van der Waals surface area contributed by atoms with Gasteiger partial charge in [0.15, 0.2) is 0 Å². The number of nitrogens with zero attached hydrogens (tertiary/aromatic N) is 1. The van der Waals surface area contributed by atoms with Crippen LogP contribution in [0.3, 0.4) is 0 Å². The van der Waals surface area contributed by atoms with Crippen LogP contribution in [0.25, 0.3) is 0 Å². The zero-order valence-corrected chi connectivity index (χ0v) is 11.7. The van der Waals surface area contributed by atoms with E-state index in [1.165, 1.54) is 6.20 Å². The molecule has 0 spiro atoms. The number of amides is 2. The molecule has 1 heterocycles. The van der Waals surface area contributed by atoms with Crippen LogP contribution in [0.2, 0.25) is 0 Å². The lowest BCUT2D eigenvalue weighted by Crippen LogP contribution is -2.46. The predicted molar refractivity (Wildman–Crippen MR) is 74.3 cm³/mol. The van der Waals surface area contributed by atoms with Crippen molar-refractivity contribution in [2.45, 2.75) is 33.7 Å². The molecule has 6 nitrogen and oxygen atoms in total. The number of nitrogens with one attached hydrogen (secondary N) is 2. The van der Waals surface area contributed by atoms with Crippen molar-refractivity contribution in [1.29, 1.82) is 0 Å². The van der Waals surface area contributed by atoms with E-state index in [1.54, 1.807) is 39.8 Å². The maximum atomic E-state index is 11.9. The van der Waals surface area contributed by atoms with E-state index >= 15 is 0 Å². The van der Waals surface area contributed by atoms with E-state index in [2.05, 4.69) is 15.6 Å². The minimum Gasteiger partial charge on any atom is -0.384 e. The fraction of sp³-hybridized carbons (Fsp3) is 0.462. The first-order valence-electron chi connectivity index (χ1n) is 6.03. The zero-order valence-electron chi connectivity index (χ0n) is 11.7. The summed E-state index contributed by atoms with van der Waals surface area (Å²) in [4.78, 5) is 27.5. The fourth-order valence-corrected chi connectivity index (χ4v) is 1.21. The van der Waals surface area contributed by atoms with Crippen molar-refractivity contribution in [1.82, 2.24) is 10.3 Å². The van der Waals surface area contributed by atoms with Gasteiger partial charge in [0.05, 0.1) is 11.9 Å². The molecule has 1 unspecified atom stereocenters. The molecule has 0 fully saturated rings. The summed E-state index contributed by atoms with van der Waals surface area (Å²) in [6.45, 7) is 6.99. The number of nitrogen functional groups attached to an aromatic ring is 1. The summed E-state index contributed by atoms with van der Waals surface area (Å²) < 4.78 is 0. The van der Waals surface area contributed by atoms with Crippen molar-refractivity contribution in [3.63, 3.8) is 0 Å². The summed E-state index contributed by atoms with van der Waals surface area (Å²) in [7, 11) is 0. The molecule has 0 saturated carbocycles. The lowest BCUT2D eigenvalue weighted by atomic mass is 9.95. The lowest BCUT2D eigenvalue weighted by molar-refractivity contribution is -0.131. The molecule has 0 bridgehead atoms. The molecule has 0 aliphatic rings. The largest absolute Gasteiger partial charge is 0.384 e. The summed E-state index contributed by atoms with van der Waals surface area (Å²) in [6.07, 6.45) is 1.46. The van der Waals surface area contributed by atoms with Crippen molar-refractivity contribution < 1.29 is 9.59 Å². The molecule has 0 aromatic carbocycles. The third-order valence-corrected chi connectivity index (χ3v) is 2.48. The Labute approximate surface area is 112 Å². The van der Waals surface area contributed by atoms with Crippen LogP contribution in [0, 0.1) is 5.41 Å². The Hall–Kier alpha value is -2.11. The Bertz CT molecular complexity index is 463. The number of hydrogen-bond acceptors (Lipinski definition) is 4. The van der Waals surface area contributed by atoms with E-state index in [1.807, 2.05) is 0 Å². The third kappa shape index (κ3) is 4.57. The summed E-state index contributed by atoms with van der Waals surface area (Å²) in [5, 5.41) is 5.31. The number of carbonyl (C=O) groups is 2. The minimum atomic E-state index is -0.621. The summed E-state index contributed by atoms with van der Waals surface area (Å²) in [5.74, 6) is -0.0955. The van der Waals surface area contributed by atoms with Crippen LogP contribution in [-0.2, 0) is 9.59 Å². The van der Waals surface area contributed by atoms with Gasteiger partial charge in [-0.3, -0.25) is 9.59 Å². The molecule has 0 radical (unpaired) electrons. The predicted octanol–water partition coefficient (Wildman–Crippen LogP) is 1.15. The van der Waals surface area contributed by atoms with E-state index in [0.29, 0.717) is 11.5 Å². The molecule has 19 heavy (non-hydrogen) atoms. The highest BCUT2D eigenvalue weighted by Gasteiger charge is 2.25. The monoisotopic (exact) mass is 264 g/mol. The van der Waals surface area contributed by atoms with Gasteiger partial charge in [-0.15, -0.1) is 0 Å². The molecule has 104 valence electrons.